The molecule has 96 valence electrons. The Balaban J connectivity index is 1.98. The predicted octanol–water partition coefficient (Wildman–Crippen LogP) is 2.66. The molecule has 0 aromatic heterocycles. The molecular weight excluding hydrogens is 236 g/mol. The minimum atomic E-state index is -0.191. The maximum absolute atomic E-state index is 11.5. The van der Waals surface area contributed by atoms with Gasteiger partial charge in [-0.3, -0.25) is 0 Å². The number of urea groups is 1. The standard InChI is InChI=1S/C16H16N2O/c1-2-3-11-17-16(19)18-12-14-9-6-8-13-7-4-5-10-15(13)14/h1,4-10H,3,11-12H2,(H2,17,18,19). The van der Waals surface area contributed by atoms with Crippen LogP contribution in [0.3, 0.4) is 0 Å². The summed E-state index contributed by atoms with van der Waals surface area (Å²) in [6, 6.07) is 14.0. The second kappa shape index (κ2) is 6.46. The van der Waals surface area contributed by atoms with Gasteiger partial charge >= 0.3 is 6.03 Å². The summed E-state index contributed by atoms with van der Waals surface area (Å²) in [4.78, 5) is 11.5. The normalized spacial score (nSPS) is 9.84. The Morgan fingerprint density at radius 3 is 2.74 bits per heavy atom. The molecule has 0 radical (unpaired) electrons. The van der Waals surface area contributed by atoms with Crippen molar-refractivity contribution in [1.82, 2.24) is 10.6 Å². The third kappa shape index (κ3) is 3.49. The Bertz CT molecular complexity index is 608. The average molecular weight is 252 g/mol. The van der Waals surface area contributed by atoms with E-state index in [9.17, 15) is 4.79 Å². The van der Waals surface area contributed by atoms with Crippen molar-refractivity contribution in [3.8, 4) is 12.3 Å². The van der Waals surface area contributed by atoms with Gasteiger partial charge in [0.1, 0.15) is 0 Å². The molecular formula is C16H16N2O. The predicted molar refractivity (Wildman–Crippen MR) is 77.6 cm³/mol. The summed E-state index contributed by atoms with van der Waals surface area (Å²) in [5, 5.41) is 7.88. The first kappa shape index (κ1) is 13.0. The SMILES string of the molecule is C#CCCNC(=O)NCc1cccc2ccccc12. The fourth-order valence-corrected chi connectivity index (χ4v) is 1.93. The van der Waals surface area contributed by atoms with Crippen LogP contribution in [0.5, 0.6) is 0 Å². The number of carbonyl (C=O) groups is 1. The van der Waals surface area contributed by atoms with Gasteiger partial charge in [-0.15, -0.1) is 12.3 Å². The van der Waals surface area contributed by atoms with E-state index >= 15 is 0 Å². The van der Waals surface area contributed by atoms with E-state index in [1.165, 1.54) is 5.39 Å². The summed E-state index contributed by atoms with van der Waals surface area (Å²) in [5.41, 5.74) is 1.10. The number of terminal acetylenes is 1. The zero-order valence-electron chi connectivity index (χ0n) is 10.6. The largest absolute Gasteiger partial charge is 0.337 e. The van der Waals surface area contributed by atoms with Crippen LogP contribution in [0.4, 0.5) is 4.79 Å². The zero-order valence-corrected chi connectivity index (χ0v) is 10.6. The molecule has 3 nitrogen and oxygen atoms in total. The van der Waals surface area contributed by atoms with Crippen molar-refractivity contribution in [2.75, 3.05) is 6.54 Å². The Morgan fingerprint density at radius 1 is 1.11 bits per heavy atom. The minimum absolute atomic E-state index is 0.191. The lowest BCUT2D eigenvalue weighted by atomic mass is 10.0. The highest BCUT2D eigenvalue weighted by Gasteiger charge is 2.02. The van der Waals surface area contributed by atoms with E-state index in [4.69, 9.17) is 6.42 Å². The van der Waals surface area contributed by atoms with E-state index in [2.05, 4.69) is 34.8 Å². The molecule has 0 atom stereocenters. The van der Waals surface area contributed by atoms with Gasteiger partial charge in [0.25, 0.3) is 0 Å². The van der Waals surface area contributed by atoms with E-state index in [0.29, 0.717) is 19.5 Å². The summed E-state index contributed by atoms with van der Waals surface area (Å²) in [6.45, 7) is 1.00. The van der Waals surface area contributed by atoms with Gasteiger partial charge in [0.15, 0.2) is 0 Å². The van der Waals surface area contributed by atoms with Gasteiger partial charge in [-0.05, 0) is 16.3 Å². The average Bonchev–Trinajstić information content (AvgIpc) is 2.45. The van der Waals surface area contributed by atoms with Crippen molar-refractivity contribution in [3.63, 3.8) is 0 Å². The fourth-order valence-electron chi connectivity index (χ4n) is 1.93. The quantitative estimate of drug-likeness (QED) is 0.637. The van der Waals surface area contributed by atoms with Crippen LogP contribution in [0, 0.1) is 12.3 Å². The summed E-state index contributed by atoms with van der Waals surface area (Å²) in [6.07, 6.45) is 5.66. The first-order valence-corrected chi connectivity index (χ1v) is 6.23. The summed E-state index contributed by atoms with van der Waals surface area (Å²) in [5.74, 6) is 2.48. The summed E-state index contributed by atoms with van der Waals surface area (Å²) >= 11 is 0. The van der Waals surface area contributed by atoms with Crippen molar-refractivity contribution in [3.05, 3.63) is 48.0 Å². The van der Waals surface area contributed by atoms with Gasteiger partial charge in [-0.2, -0.15) is 0 Å². The third-order valence-corrected chi connectivity index (χ3v) is 2.87. The number of rotatable bonds is 4. The first-order chi connectivity index (χ1) is 9.31. The molecule has 2 aromatic carbocycles. The van der Waals surface area contributed by atoms with Gasteiger partial charge < -0.3 is 10.6 Å². The van der Waals surface area contributed by atoms with Crippen LogP contribution in [-0.2, 0) is 6.54 Å². The van der Waals surface area contributed by atoms with Gasteiger partial charge in [0, 0.05) is 19.5 Å². The van der Waals surface area contributed by atoms with Crippen LogP contribution in [0.2, 0.25) is 0 Å². The third-order valence-electron chi connectivity index (χ3n) is 2.87. The topological polar surface area (TPSA) is 41.1 Å². The lowest BCUT2D eigenvalue weighted by Gasteiger charge is -2.09. The number of carbonyl (C=O) groups excluding carboxylic acids is 1. The van der Waals surface area contributed by atoms with Gasteiger partial charge in [0.05, 0.1) is 0 Å². The Kier molecular flexibility index (Phi) is 4.41. The molecule has 2 amide bonds. The highest BCUT2D eigenvalue weighted by molar-refractivity contribution is 5.86. The lowest BCUT2D eigenvalue weighted by Crippen LogP contribution is -2.35. The van der Waals surface area contributed by atoms with Crippen LogP contribution >= 0.6 is 0 Å². The molecule has 0 heterocycles. The molecule has 0 bridgehead atoms. The van der Waals surface area contributed by atoms with E-state index in [1.54, 1.807) is 0 Å². The van der Waals surface area contributed by atoms with E-state index in [1.807, 2.05) is 24.3 Å². The molecule has 0 spiro atoms. The molecule has 0 fully saturated rings. The van der Waals surface area contributed by atoms with Crippen LogP contribution in [0.15, 0.2) is 42.5 Å². The summed E-state index contributed by atoms with van der Waals surface area (Å²) < 4.78 is 0. The highest BCUT2D eigenvalue weighted by atomic mass is 16.2. The van der Waals surface area contributed by atoms with Crippen LogP contribution in [0.1, 0.15) is 12.0 Å². The minimum Gasteiger partial charge on any atom is -0.337 e. The van der Waals surface area contributed by atoms with Crippen molar-refractivity contribution >= 4 is 16.8 Å². The number of nitrogens with one attached hydrogen (secondary N) is 2. The van der Waals surface area contributed by atoms with Crippen molar-refractivity contribution in [2.45, 2.75) is 13.0 Å². The molecule has 3 heteroatoms. The highest BCUT2D eigenvalue weighted by Crippen LogP contribution is 2.17. The summed E-state index contributed by atoms with van der Waals surface area (Å²) in [7, 11) is 0. The van der Waals surface area contributed by atoms with Gasteiger partial charge in [-0.1, -0.05) is 42.5 Å². The van der Waals surface area contributed by atoms with E-state index < -0.39 is 0 Å². The molecule has 0 aliphatic rings. The van der Waals surface area contributed by atoms with Crippen molar-refractivity contribution < 1.29 is 4.79 Å². The van der Waals surface area contributed by atoms with Crippen molar-refractivity contribution in [1.29, 1.82) is 0 Å². The molecule has 0 unspecified atom stereocenters. The second-order valence-electron chi connectivity index (χ2n) is 4.20. The Morgan fingerprint density at radius 2 is 1.89 bits per heavy atom. The molecule has 0 aliphatic carbocycles. The number of amides is 2. The number of hydrogen-bond acceptors (Lipinski definition) is 1. The van der Waals surface area contributed by atoms with Gasteiger partial charge in [0.2, 0.25) is 0 Å². The number of benzene rings is 2. The second-order valence-corrected chi connectivity index (χ2v) is 4.20. The molecule has 0 saturated heterocycles. The van der Waals surface area contributed by atoms with Gasteiger partial charge in [-0.25, -0.2) is 4.79 Å². The molecule has 2 rings (SSSR count). The van der Waals surface area contributed by atoms with Crippen molar-refractivity contribution in [2.24, 2.45) is 0 Å². The number of fused-ring (bicyclic) bond motifs is 1. The van der Waals surface area contributed by atoms with Crippen LogP contribution in [-0.4, -0.2) is 12.6 Å². The van der Waals surface area contributed by atoms with Crippen LogP contribution < -0.4 is 10.6 Å². The van der Waals surface area contributed by atoms with Crippen LogP contribution in [0.25, 0.3) is 10.8 Å². The monoisotopic (exact) mass is 252 g/mol. The van der Waals surface area contributed by atoms with E-state index in [-0.39, 0.29) is 6.03 Å². The van der Waals surface area contributed by atoms with E-state index in [0.717, 1.165) is 10.9 Å². The number of hydrogen-bond donors (Lipinski definition) is 2. The first-order valence-electron chi connectivity index (χ1n) is 6.23. The smallest absolute Gasteiger partial charge is 0.315 e. The molecule has 2 N–H and O–H groups in total. The molecule has 0 saturated carbocycles. The maximum atomic E-state index is 11.5. The Labute approximate surface area is 113 Å². The Hall–Kier alpha value is -2.47. The fraction of sp³-hybridized carbons (Fsp3) is 0.188. The lowest BCUT2D eigenvalue weighted by molar-refractivity contribution is 0.241. The zero-order chi connectivity index (χ0) is 13.5. The maximum Gasteiger partial charge on any atom is 0.315 e. The molecule has 19 heavy (non-hydrogen) atoms. The molecule has 2 aromatic rings. The molecule has 0 aliphatic heterocycles.